The molecule has 140 valence electrons. The van der Waals surface area contributed by atoms with Crippen LogP contribution in [0.15, 0.2) is 84.9 Å². The van der Waals surface area contributed by atoms with Crippen molar-refractivity contribution in [2.75, 3.05) is 0 Å². The number of nitro benzene ring substituents is 1. The number of ether oxygens (including phenoxy) is 1. The van der Waals surface area contributed by atoms with E-state index >= 15 is 0 Å². The fraction of sp³-hybridized carbons (Fsp3) is 0.0455. The summed E-state index contributed by atoms with van der Waals surface area (Å²) in [4.78, 5) is 22.7. The van der Waals surface area contributed by atoms with E-state index in [2.05, 4.69) is 5.32 Å². The molecular formula is C22H18N2O4. The molecule has 0 bridgehead atoms. The lowest BCUT2D eigenvalue weighted by Crippen LogP contribution is -2.22. The average molecular weight is 374 g/mol. The summed E-state index contributed by atoms with van der Waals surface area (Å²) in [5.41, 5.74) is 2.85. The number of carbonyl (C=O) groups excluding carboxylic acids is 1. The van der Waals surface area contributed by atoms with Crippen LogP contribution in [0.3, 0.4) is 0 Å². The summed E-state index contributed by atoms with van der Waals surface area (Å²) in [6.45, 7) is 0.144. The molecule has 0 unspecified atom stereocenters. The number of nitro groups is 1. The van der Waals surface area contributed by atoms with Crippen molar-refractivity contribution in [1.29, 1.82) is 0 Å². The van der Waals surface area contributed by atoms with Gasteiger partial charge in [-0.3, -0.25) is 15.4 Å². The zero-order valence-electron chi connectivity index (χ0n) is 14.9. The summed E-state index contributed by atoms with van der Waals surface area (Å²) < 4.78 is 5.28. The number of benzene rings is 3. The van der Waals surface area contributed by atoms with Crippen molar-refractivity contribution in [3.05, 3.63) is 112 Å². The Hall–Kier alpha value is -3.93. The highest BCUT2D eigenvalue weighted by atomic mass is 16.6. The molecule has 0 radical (unpaired) electrons. The van der Waals surface area contributed by atoms with Gasteiger partial charge in [0, 0.05) is 12.1 Å². The van der Waals surface area contributed by atoms with Crippen molar-refractivity contribution in [2.45, 2.75) is 6.61 Å². The standard InChI is InChI=1S/C22H18N2O4/c25-22(28-16-18-9-5-2-6-10-18)23-21(15-17-7-3-1-4-8-17)19-11-13-20(14-12-19)24(26)27/h1-15H,16H2,(H,23,25)/b21-15-. The molecule has 0 aromatic heterocycles. The zero-order chi connectivity index (χ0) is 19.8. The van der Waals surface area contributed by atoms with Crippen LogP contribution in [0.25, 0.3) is 11.8 Å². The normalized spacial score (nSPS) is 10.9. The number of non-ortho nitro benzene ring substituents is 1. The molecular weight excluding hydrogens is 356 g/mol. The highest BCUT2D eigenvalue weighted by Crippen LogP contribution is 2.20. The number of carbonyl (C=O) groups is 1. The van der Waals surface area contributed by atoms with Crippen LogP contribution in [0.1, 0.15) is 16.7 Å². The van der Waals surface area contributed by atoms with Gasteiger partial charge in [-0.1, -0.05) is 60.7 Å². The van der Waals surface area contributed by atoms with E-state index in [9.17, 15) is 14.9 Å². The van der Waals surface area contributed by atoms with Crippen LogP contribution in [0.4, 0.5) is 10.5 Å². The number of hydrogen-bond acceptors (Lipinski definition) is 4. The smallest absolute Gasteiger partial charge is 0.411 e. The van der Waals surface area contributed by atoms with Gasteiger partial charge in [0.05, 0.1) is 10.6 Å². The molecule has 3 aromatic rings. The van der Waals surface area contributed by atoms with Gasteiger partial charge < -0.3 is 4.74 Å². The molecule has 0 aliphatic carbocycles. The Balaban J connectivity index is 1.79. The van der Waals surface area contributed by atoms with Crippen molar-refractivity contribution in [3.63, 3.8) is 0 Å². The third-order valence-electron chi connectivity index (χ3n) is 3.95. The van der Waals surface area contributed by atoms with Crippen LogP contribution >= 0.6 is 0 Å². The van der Waals surface area contributed by atoms with Gasteiger partial charge in [-0.2, -0.15) is 0 Å². The largest absolute Gasteiger partial charge is 0.444 e. The summed E-state index contributed by atoms with van der Waals surface area (Å²) in [5, 5.41) is 13.6. The number of nitrogens with zero attached hydrogens (tertiary/aromatic N) is 1. The lowest BCUT2D eigenvalue weighted by Gasteiger charge is -2.11. The minimum atomic E-state index is -0.607. The first-order valence-electron chi connectivity index (χ1n) is 8.61. The monoisotopic (exact) mass is 374 g/mol. The maximum atomic E-state index is 12.3. The van der Waals surface area contributed by atoms with Crippen LogP contribution < -0.4 is 5.32 Å². The van der Waals surface area contributed by atoms with Crippen molar-refractivity contribution >= 4 is 23.6 Å². The second-order valence-corrected chi connectivity index (χ2v) is 5.96. The molecule has 6 heteroatoms. The van der Waals surface area contributed by atoms with Crippen molar-refractivity contribution in [3.8, 4) is 0 Å². The molecule has 28 heavy (non-hydrogen) atoms. The molecule has 3 rings (SSSR count). The molecule has 0 aliphatic rings. The lowest BCUT2D eigenvalue weighted by molar-refractivity contribution is -0.384. The van der Waals surface area contributed by atoms with Gasteiger partial charge in [0.25, 0.3) is 5.69 Å². The maximum Gasteiger partial charge on any atom is 0.411 e. The van der Waals surface area contributed by atoms with E-state index in [0.29, 0.717) is 11.3 Å². The first-order valence-corrected chi connectivity index (χ1v) is 8.61. The lowest BCUT2D eigenvalue weighted by atomic mass is 10.1. The summed E-state index contributed by atoms with van der Waals surface area (Å²) >= 11 is 0. The molecule has 0 heterocycles. The van der Waals surface area contributed by atoms with E-state index in [1.54, 1.807) is 18.2 Å². The van der Waals surface area contributed by atoms with E-state index in [4.69, 9.17) is 4.74 Å². The van der Waals surface area contributed by atoms with Crippen LogP contribution in [-0.4, -0.2) is 11.0 Å². The zero-order valence-corrected chi connectivity index (χ0v) is 14.9. The predicted octanol–water partition coefficient (Wildman–Crippen LogP) is 5.02. The highest BCUT2D eigenvalue weighted by molar-refractivity contribution is 5.89. The highest BCUT2D eigenvalue weighted by Gasteiger charge is 2.11. The van der Waals surface area contributed by atoms with E-state index in [-0.39, 0.29) is 12.3 Å². The van der Waals surface area contributed by atoms with Crippen molar-refractivity contribution in [1.82, 2.24) is 5.32 Å². The van der Waals surface area contributed by atoms with E-state index < -0.39 is 11.0 Å². The fourth-order valence-electron chi connectivity index (χ4n) is 2.54. The van der Waals surface area contributed by atoms with Gasteiger partial charge in [-0.05, 0) is 34.9 Å². The molecule has 6 nitrogen and oxygen atoms in total. The SMILES string of the molecule is O=C(N/C(=C\c1ccccc1)c1ccc([N+](=O)[O-])cc1)OCc1ccccc1. The van der Waals surface area contributed by atoms with E-state index in [1.807, 2.05) is 60.7 Å². The molecule has 0 spiro atoms. The van der Waals surface area contributed by atoms with Crippen molar-refractivity contribution < 1.29 is 14.5 Å². The molecule has 0 atom stereocenters. The number of alkyl carbamates (subject to hydrolysis) is 1. The van der Waals surface area contributed by atoms with Gasteiger partial charge in [0.15, 0.2) is 0 Å². The van der Waals surface area contributed by atoms with Crippen molar-refractivity contribution in [2.24, 2.45) is 0 Å². The molecule has 0 aliphatic heterocycles. The van der Waals surface area contributed by atoms with E-state index in [1.165, 1.54) is 12.1 Å². The summed E-state index contributed by atoms with van der Waals surface area (Å²) in [6, 6.07) is 24.8. The number of hydrogen-bond donors (Lipinski definition) is 1. The summed E-state index contributed by atoms with van der Waals surface area (Å²) in [6.07, 6.45) is 1.18. The maximum absolute atomic E-state index is 12.3. The number of nitrogens with one attached hydrogen (secondary N) is 1. The first-order chi connectivity index (χ1) is 13.6. The second kappa shape index (κ2) is 9.14. The first kappa shape index (κ1) is 18.8. The Bertz CT molecular complexity index is 968. The molecule has 0 fully saturated rings. The third kappa shape index (κ3) is 5.28. The van der Waals surface area contributed by atoms with Crippen LogP contribution in [-0.2, 0) is 11.3 Å². The van der Waals surface area contributed by atoms with E-state index in [0.717, 1.165) is 11.1 Å². The Kier molecular flexibility index (Phi) is 6.15. The molecule has 3 aromatic carbocycles. The quantitative estimate of drug-likeness (QED) is 0.373. The van der Waals surface area contributed by atoms with Crippen LogP contribution in [0, 0.1) is 10.1 Å². The summed E-state index contributed by atoms with van der Waals surface area (Å²) in [5.74, 6) is 0. The molecule has 0 saturated carbocycles. The fourth-order valence-corrected chi connectivity index (χ4v) is 2.54. The molecule has 0 saturated heterocycles. The Morgan fingerprint density at radius 2 is 1.54 bits per heavy atom. The Morgan fingerprint density at radius 3 is 2.14 bits per heavy atom. The predicted molar refractivity (Wildman–Crippen MR) is 107 cm³/mol. The summed E-state index contributed by atoms with van der Waals surface area (Å²) in [7, 11) is 0. The minimum absolute atomic E-state index is 0.0190. The minimum Gasteiger partial charge on any atom is -0.444 e. The van der Waals surface area contributed by atoms with Gasteiger partial charge >= 0.3 is 6.09 Å². The Labute approximate surface area is 162 Å². The van der Waals surface area contributed by atoms with Crippen LogP contribution in [0.2, 0.25) is 0 Å². The third-order valence-corrected chi connectivity index (χ3v) is 3.95. The number of rotatable bonds is 6. The Morgan fingerprint density at radius 1 is 0.929 bits per heavy atom. The number of amides is 1. The molecule has 1 amide bonds. The van der Waals surface area contributed by atoms with Gasteiger partial charge in [0.1, 0.15) is 6.61 Å². The molecule has 1 N–H and O–H groups in total. The van der Waals surface area contributed by atoms with Gasteiger partial charge in [0.2, 0.25) is 0 Å². The topological polar surface area (TPSA) is 81.5 Å². The second-order valence-electron chi connectivity index (χ2n) is 5.96. The van der Waals surface area contributed by atoms with Crippen LogP contribution in [0.5, 0.6) is 0 Å². The average Bonchev–Trinajstić information content (AvgIpc) is 2.73. The van der Waals surface area contributed by atoms with Gasteiger partial charge in [-0.25, -0.2) is 4.79 Å². The van der Waals surface area contributed by atoms with Gasteiger partial charge in [-0.15, -0.1) is 0 Å².